The fraction of sp³-hybridized carbons (Fsp3) is 0.125. The average Bonchev–Trinajstić information content (AvgIpc) is 3.08. The molecule has 0 radical (unpaired) electrons. The lowest BCUT2D eigenvalue weighted by Crippen LogP contribution is -2.10. The van der Waals surface area contributed by atoms with E-state index >= 15 is 0 Å². The predicted octanol–water partition coefficient (Wildman–Crippen LogP) is 4.50. The molecular formula is C16H14ClN5O2S. The third-order valence-electron chi connectivity index (χ3n) is 3.34. The number of aromatic nitrogens is 2. The molecule has 0 amide bonds. The molecule has 2 N–H and O–H groups in total. The van der Waals surface area contributed by atoms with Gasteiger partial charge in [0, 0.05) is 22.1 Å². The Morgan fingerprint density at radius 2 is 2.04 bits per heavy atom. The second-order valence-corrected chi connectivity index (χ2v) is 6.54. The summed E-state index contributed by atoms with van der Waals surface area (Å²) < 4.78 is 0. The Morgan fingerprint density at radius 1 is 1.20 bits per heavy atom. The summed E-state index contributed by atoms with van der Waals surface area (Å²) >= 11 is 7.59. The molecule has 2 heterocycles. The van der Waals surface area contributed by atoms with Crippen molar-refractivity contribution >= 4 is 45.9 Å². The molecule has 9 heteroatoms. The van der Waals surface area contributed by atoms with Crippen LogP contribution in [-0.4, -0.2) is 21.4 Å². The molecule has 128 valence electrons. The summed E-state index contributed by atoms with van der Waals surface area (Å²) in [6, 6.07) is 10.9. The third kappa shape index (κ3) is 4.43. The fourth-order valence-corrected chi connectivity index (χ4v) is 3.13. The molecule has 25 heavy (non-hydrogen) atoms. The summed E-state index contributed by atoms with van der Waals surface area (Å²) in [6.45, 7) is 0.537. The van der Waals surface area contributed by atoms with Crippen LogP contribution in [0, 0.1) is 10.1 Å². The molecule has 0 atom stereocenters. The van der Waals surface area contributed by atoms with E-state index in [1.807, 2.05) is 17.5 Å². The standard InChI is InChI=1S/C16H14ClN5O2S/c17-11-3-1-4-12(9-11)21-16-14(22(23)24)15(19-10-20-16)18-7-6-13-5-2-8-25-13/h1-5,8-10H,6-7H2,(H2,18,19,20,21). The van der Waals surface area contributed by atoms with Gasteiger partial charge in [-0.15, -0.1) is 11.3 Å². The molecule has 0 unspecified atom stereocenters. The number of nitro groups is 1. The van der Waals surface area contributed by atoms with Gasteiger partial charge in [-0.3, -0.25) is 10.1 Å². The molecule has 3 rings (SSSR count). The number of hydrogen-bond donors (Lipinski definition) is 2. The zero-order chi connectivity index (χ0) is 17.6. The highest BCUT2D eigenvalue weighted by molar-refractivity contribution is 7.09. The van der Waals surface area contributed by atoms with Crippen LogP contribution >= 0.6 is 22.9 Å². The van der Waals surface area contributed by atoms with E-state index in [0.29, 0.717) is 17.3 Å². The maximum atomic E-state index is 11.5. The van der Waals surface area contributed by atoms with Crippen LogP contribution in [0.4, 0.5) is 23.0 Å². The molecular weight excluding hydrogens is 362 g/mol. The van der Waals surface area contributed by atoms with Crippen LogP contribution in [0.5, 0.6) is 0 Å². The Kier molecular flexibility index (Phi) is 5.42. The number of benzene rings is 1. The van der Waals surface area contributed by atoms with E-state index in [2.05, 4.69) is 20.6 Å². The van der Waals surface area contributed by atoms with Gasteiger partial charge >= 0.3 is 5.69 Å². The van der Waals surface area contributed by atoms with Gasteiger partial charge in [0.25, 0.3) is 0 Å². The van der Waals surface area contributed by atoms with Crippen molar-refractivity contribution in [3.8, 4) is 0 Å². The normalized spacial score (nSPS) is 10.4. The lowest BCUT2D eigenvalue weighted by atomic mass is 10.3. The van der Waals surface area contributed by atoms with Crippen molar-refractivity contribution < 1.29 is 4.92 Å². The molecule has 7 nitrogen and oxygen atoms in total. The Morgan fingerprint density at radius 3 is 2.76 bits per heavy atom. The van der Waals surface area contributed by atoms with Crippen LogP contribution in [-0.2, 0) is 6.42 Å². The number of rotatable bonds is 7. The van der Waals surface area contributed by atoms with E-state index in [0.717, 1.165) is 6.42 Å². The summed E-state index contributed by atoms with van der Waals surface area (Å²) in [6.07, 6.45) is 2.04. The Hall–Kier alpha value is -2.71. The summed E-state index contributed by atoms with van der Waals surface area (Å²) in [5.74, 6) is 0.293. The lowest BCUT2D eigenvalue weighted by molar-refractivity contribution is -0.383. The van der Waals surface area contributed by atoms with Crippen molar-refractivity contribution in [2.45, 2.75) is 6.42 Å². The maximum Gasteiger partial charge on any atom is 0.353 e. The van der Waals surface area contributed by atoms with Gasteiger partial charge in [0.05, 0.1) is 4.92 Å². The molecule has 2 aromatic heterocycles. The first-order chi connectivity index (χ1) is 12.1. The molecule has 0 saturated heterocycles. The van der Waals surface area contributed by atoms with E-state index in [1.165, 1.54) is 11.2 Å². The van der Waals surface area contributed by atoms with Crippen molar-refractivity contribution in [2.75, 3.05) is 17.2 Å². The van der Waals surface area contributed by atoms with E-state index < -0.39 is 4.92 Å². The zero-order valence-electron chi connectivity index (χ0n) is 13.0. The van der Waals surface area contributed by atoms with Gasteiger partial charge in [-0.2, -0.15) is 0 Å². The summed E-state index contributed by atoms with van der Waals surface area (Å²) in [5, 5.41) is 20.0. The minimum atomic E-state index is -0.500. The number of thiophene rings is 1. The fourth-order valence-electron chi connectivity index (χ4n) is 2.23. The van der Waals surface area contributed by atoms with Crippen LogP contribution < -0.4 is 10.6 Å². The number of nitrogens with zero attached hydrogens (tertiary/aromatic N) is 3. The number of nitrogens with one attached hydrogen (secondary N) is 2. The molecule has 0 saturated carbocycles. The highest BCUT2D eigenvalue weighted by Crippen LogP contribution is 2.31. The van der Waals surface area contributed by atoms with Gasteiger partial charge < -0.3 is 10.6 Å². The number of halogens is 1. The molecule has 0 fully saturated rings. The maximum absolute atomic E-state index is 11.5. The third-order valence-corrected chi connectivity index (χ3v) is 4.51. The van der Waals surface area contributed by atoms with Gasteiger partial charge in [-0.1, -0.05) is 23.7 Å². The number of hydrogen-bond acceptors (Lipinski definition) is 7. The predicted molar refractivity (Wildman–Crippen MR) is 99.9 cm³/mol. The lowest BCUT2D eigenvalue weighted by Gasteiger charge is -2.10. The van der Waals surface area contributed by atoms with E-state index in [1.54, 1.807) is 35.6 Å². The van der Waals surface area contributed by atoms with Gasteiger partial charge in [0.1, 0.15) is 6.33 Å². The molecule has 0 aliphatic heterocycles. The van der Waals surface area contributed by atoms with Crippen LogP contribution in [0.15, 0.2) is 48.1 Å². The SMILES string of the molecule is O=[N+]([O-])c1c(NCCc2cccs2)ncnc1Nc1cccc(Cl)c1. The van der Waals surface area contributed by atoms with Crippen LogP contribution in [0.25, 0.3) is 0 Å². The summed E-state index contributed by atoms with van der Waals surface area (Å²) in [5.41, 5.74) is 0.410. The highest BCUT2D eigenvalue weighted by atomic mass is 35.5. The first-order valence-corrected chi connectivity index (χ1v) is 8.67. The average molecular weight is 376 g/mol. The minimum Gasteiger partial charge on any atom is -0.364 e. The first kappa shape index (κ1) is 17.1. The van der Waals surface area contributed by atoms with Gasteiger partial charge in [0.2, 0.25) is 11.6 Å². The van der Waals surface area contributed by atoms with Crippen molar-refractivity contribution in [1.82, 2.24) is 9.97 Å². The summed E-state index contributed by atoms with van der Waals surface area (Å²) in [7, 11) is 0. The Balaban J connectivity index is 1.80. The highest BCUT2D eigenvalue weighted by Gasteiger charge is 2.23. The molecule has 0 aliphatic rings. The van der Waals surface area contributed by atoms with Gasteiger partial charge in [-0.25, -0.2) is 9.97 Å². The molecule has 0 spiro atoms. The second-order valence-electron chi connectivity index (χ2n) is 5.07. The van der Waals surface area contributed by atoms with Crippen molar-refractivity contribution in [3.63, 3.8) is 0 Å². The van der Waals surface area contributed by atoms with Crippen LogP contribution in [0.3, 0.4) is 0 Å². The monoisotopic (exact) mass is 375 g/mol. The van der Waals surface area contributed by atoms with E-state index in [4.69, 9.17) is 11.6 Å². The largest absolute Gasteiger partial charge is 0.364 e. The molecule has 0 aliphatic carbocycles. The second kappa shape index (κ2) is 7.91. The minimum absolute atomic E-state index is 0.112. The number of anilines is 3. The molecule has 1 aromatic carbocycles. The van der Waals surface area contributed by atoms with E-state index in [-0.39, 0.29) is 17.3 Å². The van der Waals surface area contributed by atoms with Crippen LogP contribution in [0.1, 0.15) is 4.88 Å². The summed E-state index contributed by atoms with van der Waals surface area (Å²) in [4.78, 5) is 20.2. The molecule has 0 bridgehead atoms. The molecule has 3 aromatic rings. The van der Waals surface area contributed by atoms with Crippen molar-refractivity contribution in [2.24, 2.45) is 0 Å². The van der Waals surface area contributed by atoms with Gasteiger partial charge in [0.15, 0.2) is 0 Å². The van der Waals surface area contributed by atoms with Gasteiger partial charge in [-0.05, 0) is 36.1 Å². The first-order valence-electron chi connectivity index (χ1n) is 7.41. The zero-order valence-corrected chi connectivity index (χ0v) is 14.5. The van der Waals surface area contributed by atoms with Crippen molar-refractivity contribution in [1.29, 1.82) is 0 Å². The van der Waals surface area contributed by atoms with Crippen molar-refractivity contribution in [3.05, 3.63) is 68.1 Å². The topological polar surface area (TPSA) is 93.0 Å². The Bertz CT molecular complexity index is 873. The Labute approximate surface area is 152 Å². The quantitative estimate of drug-likeness (QED) is 0.466. The smallest absolute Gasteiger partial charge is 0.353 e. The van der Waals surface area contributed by atoms with E-state index in [9.17, 15) is 10.1 Å². The van der Waals surface area contributed by atoms with Crippen LogP contribution in [0.2, 0.25) is 5.02 Å².